The average molecular weight is 335 g/mol. The third-order valence-electron chi connectivity index (χ3n) is 2.92. The van der Waals surface area contributed by atoms with Crippen LogP contribution in [0.4, 0.5) is 5.13 Å². The van der Waals surface area contributed by atoms with Gasteiger partial charge in [-0.25, -0.2) is 4.98 Å². The molecule has 106 valence electrons. The fourth-order valence-corrected chi connectivity index (χ4v) is 3.41. The summed E-state index contributed by atoms with van der Waals surface area (Å²) in [5.41, 5.74) is 1.45. The molecule has 0 aliphatic rings. The fourth-order valence-electron chi connectivity index (χ4n) is 1.86. The summed E-state index contributed by atoms with van der Waals surface area (Å²) >= 11 is 9.00. The number of carbonyl (C=O) groups excluding carboxylic acids is 1. The molecule has 0 aliphatic heterocycles. The van der Waals surface area contributed by atoms with Crippen LogP contribution in [0, 0.1) is 0 Å². The SMILES string of the molecule is CSc1ccc(C(=O)Nc2nc3ccc(Cl)cc3s2)cc1. The second-order valence-electron chi connectivity index (χ2n) is 4.31. The van der Waals surface area contributed by atoms with Gasteiger partial charge in [0.2, 0.25) is 0 Å². The maximum Gasteiger partial charge on any atom is 0.257 e. The molecule has 0 atom stereocenters. The predicted octanol–water partition coefficient (Wildman–Crippen LogP) is 4.92. The van der Waals surface area contributed by atoms with Crippen LogP contribution in [0.5, 0.6) is 0 Å². The molecule has 21 heavy (non-hydrogen) atoms. The zero-order chi connectivity index (χ0) is 14.8. The van der Waals surface area contributed by atoms with Gasteiger partial charge in [0, 0.05) is 15.5 Å². The topological polar surface area (TPSA) is 42.0 Å². The van der Waals surface area contributed by atoms with E-state index in [1.807, 2.05) is 42.7 Å². The summed E-state index contributed by atoms with van der Waals surface area (Å²) in [7, 11) is 0. The highest BCUT2D eigenvalue weighted by atomic mass is 35.5. The van der Waals surface area contributed by atoms with Crippen molar-refractivity contribution in [3.63, 3.8) is 0 Å². The summed E-state index contributed by atoms with van der Waals surface area (Å²) in [6, 6.07) is 13.0. The lowest BCUT2D eigenvalue weighted by Crippen LogP contribution is -2.11. The minimum atomic E-state index is -0.159. The molecule has 0 radical (unpaired) electrons. The van der Waals surface area contributed by atoms with Crippen molar-refractivity contribution in [3.8, 4) is 0 Å². The highest BCUT2D eigenvalue weighted by molar-refractivity contribution is 7.98. The first-order chi connectivity index (χ1) is 10.2. The van der Waals surface area contributed by atoms with Crippen LogP contribution in [-0.2, 0) is 0 Å². The van der Waals surface area contributed by atoms with Crippen molar-refractivity contribution in [1.82, 2.24) is 4.98 Å². The highest BCUT2D eigenvalue weighted by Crippen LogP contribution is 2.28. The van der Waals surface area contributed by atoms with Gasteiger partial charge in [-0.1, -0.05) is 22.9 Å². The zero-order valence-electron chi connectivity index (χ0n) is 11.1. The van der Waals surface area contributed by atoms with Crippen molar-refractivity contribution in [3.05, 3.63) is 53.1 Å². The normalized spacial score (nSPS) is 10.8. The third-order valence-corrected chi connectivity index (χ3v) is 4.84. The molecule has 1 N–H and O–H groups in total. The van der Waals surface area contributed by atoms with Gasteiger partial charge in [-0.15, -0.1) is 11.8 Å². The van der Waals surface area contributed by atoms with Gasteiger partial charge in [0.05, 0.1) is 10.2 Å². The molecule has 6 heteroatoms. The average Bonchev–Trinajstić information content (AvgIpc) is 2.88. The molecule has 0 saturated carbocycles. The quantitative estimate of drug-likeness (QED) is 0.691. The number of nitrogens with one attached hydrogen (secondary N) is 1. The zero-order valence-corrected chi connectivity index (χ0v) is 13.5. The number of anilines is 1. The van der Waals surface area contributed by atoms with Crippen molar-refractivity contribution in [2.75, 3.05) is 11.6 Å². The van der Waals surface area contributed by atoms with Crippen molar-refractivity contribution >= 4 is 56.0 Å². The summed E-state index contributed by atoms with van der Waals surface area (Å²) in [6.07, 6.45) is 2.00. The van der Waals surface area contributed by atoms with Gasteiger partial charge in [-0.3, -0.25) is 10.1 Å². The number of thioether (sulfide) groups is 1. The number of halogens is 1. The summed E-state index contributed by atoms with van der Waals surface area (Å²) in [4.78, 5) is 17.7. The molecule has 0 unspecified atom stereocenters. The molecule has 1 amide bonds. The predicted molar refractivity (Wildman–Crippen MR) is 90.8 cm³/mol. The van der Waals surface area contributed by atoms with Crippen LogP contribution in [0.2, 0.25) is 5.02 Å². The number of amides is 1. The van der Waals surface area contributed by atoms with Crippen LogP contribution in [0.25, 0.3) is 10.2 Å². The van der Waals surface area contributed by atoms with E-state index in [0.29, 0.717) is 15.7 Å². The Balaban J connectivity index is 1.81. The van der Waals surface area contributed by atoms with Gasteiger partial charge >= 0.3 is 0 Å². The number of thiazole rings is 1. The summed E-state index contributed by atoms with van der Waals surface area (Å²) in [6.45, 7) is 0. The minimum absolute atomic E-state index is 0.159. The van der Waals surface area contributed by atoms with Crippen molar-refractivity contribution in [2.24, 2.45) is 0 Å². The van der Waals surface area contributed by atoms with Crippen molar-refractivity contribution in [2.45, 2.75) is 4.90 Å². The molecule has 3 rings (SSSR count). The summed E-state index contributed by atoms with van der Waals surface area (Å²) < 4.78 is 0.954. The molecule has 0 bridgehead atoms. The van der Waals surface area contributed by atoms with Crippen LogP contribution in [-0.4, -0.2) is 17.1 Å². The molecular weight excluding hydrogens is 324 g/mol. The van der Waals surface area contributed by atoms with E-state index < -0.39 is 0 Å². The van der Waals surface area contributed by atoms with E-state index in [9.17, 15) is 4.79 Å². The van der Waals surface area contributed by atoms with E-state index in [2.05, 4.69) is 10.3 Å². The lowest BCUT2D eigenvalue weighted by atomic mass is 10.2. The maximum atomic E-state index is 12.2. The molecular formula is C15H11ClN2OS2. The number of aromatic nitrogens is 1. The monoisotopic (exact) mass is 334 g/mol. The Morgan fingerprint density at radius 2 is 2.00 bits per heavy atom. The van der Waals surface area contributed by atoms with Crippen LogP contribution >= 0.6 is 34.7 Å². The lowest BCUT2D eigenvalue weighted by molar-refractivity contribution is 0.102. The number of nitrogens with zero attached hydrogens (tertiary/aromatic N) is 1. The molecule has 1 aromatic heterocycles. The molecule has 0 spiro atoms. The van der Waals surface area contributed by atoms with Gasteiger partial charge in [-0.05, 0) is 48.7 Å². The Morgan fingerprint density at radius 1 is 1.24 bits per heavy atom. The first kappa shape index (κ1) is 14.4. The third kappa shape index (κ3) is 3.20. The maximum absolute atomic E-state index is 12.2. The molecule has 1 heterocycles. The number of rotatable bonds is 3. The second-order valence-corrected chi connectivity index (χ2v) is 6.66. The van der Waals surface area contributed by atoms with E-state index in [0.717, 1.165) is 15.1 Å². The first-order valence-electron chi connectivity index (χ1n) is 6.17. The summed E-state index contributed by atoms with van der Waals surface area (Å²) in [5.74, 6) is -0.159. The van der Waals surface area contributed by atoms with Gasteiger partial charge in [0.25, 0.3) is 5.91 Å². The number of carbonyl (C=O) groups is 1. The van der Waals surface area contributed by atoms with E-state index in [4.69, 9.17) is 11.6 Å². The van der Waals surface area contributed by atoms with Crippen LogP contribution in [0.15, 0.2) is 47.4 Å². The largest absolute Gasteiger partial charge is 0.298 e. The number of hydrogen-bond acceptors (Lipinski definition) is 4. The van der Waals surface area contributed by atoms with Crippen LogP contribution in [0.3, 0.4) is 0 Å². The Kier molecular flexibility index (Phi) is 4.14. The number of fused-ring (bicyclic) bond motifs is 1. The van der Waals surface area contributed by atoms with Gasteiger partial charge < -0.3 is 0 Å². The number of hydrogen-bond donors (Lipinski definition) is 1. The Hall–Kier alpha value is -1.56. The molecule has 0 aliphatic carbocycles. The second kappa shape index (κ2) is 6.05. The van der Waals surface area contributed by atoms with Gasteiger partial charge in [-0.2, -0.15) is 0 Å². The van der Waals surface area contributed by atoms with E-state index in [1.54, 1.807) is 17.8 Å². The first-order valence-corrected chi connectivity index (χ1v) is 8.59. The standard InChI is InChI=1S/C15H11ClN2OS2/c1-20-11-5-2-9(3-6-11)14(19)18-15-17-12-7-4-10(16)8-13(12)21-15/h2-8H,1H3,(H,17,18,19). The smallest absolute Gasteiger partial charge is 0.257 e. The Bertz CT molecular complexity index is 799. The van der Waals surface area contributed by atoms with E-state index in [1.165, 1.54) is 11.3 Å². The van der Waals surface area contributed by atoms with Crippen LogP contribution in [0.1, 0.15) is 10.4 Å². The molecule has 2 aromatic carbocycles. The van der Waals surface area contributed by atoms with Crippen LogP contribution < -0.4 is 5.32 Å². The highest BCUT2D eigenvalue weighted by Gasteiger charge is 2.10. The molecule has 3 nitrogen and oxygen atoms in total. The Morgan fingerprint density at radius 3 is 2.71 bits per heavy atom. The molecule has 3 aromatic rings. The van der Waals surface area contributed by atoms with Crippen molar-refractivity contribution < 1.29 is 4.79 Å². The molecule has 0 fully saturated rings. The lowest BCUT2D eigenvalue weighted by Gasteiger charge is -2.02. The van der Waals surface area contributed by atoms with Crippen molar-refractivity contribution in [1.29, 1.82) is 0 Å². The van der Waals surface area contributed by atoms with Gasteiger partial charge in [0.15, 0.2) is 5.13 Å². The minimum Gasteiger partial charge on any atom is -0.298 e. The van der Waals surface area contributed by atoms with E-state index in [-0.39, 0.29) is 5.91 Å². The molecule has 0 saturated heterocycles. The summed E-state index contributed by atoms with van der Waals surface area (Å²) in [5, 5.41) is 4.06. The fraction of sp³-hybridized carbons (Fsp3) is 0.0667. The Labute approximate surface area is 135 Å². The number of benzene rings is 2. The van der Waals surface area contributed by atoms with E-state index >= 15 is 0 Å². The van der Waals surface area contributed by atoms with Gasteiger partial charge in [0.1, 0.15) is 0 Å².